The van der Waals surface area contributed by atoms with E-state index >= 15 is 0 Å². The number of hydrogen-bond donors (Lipinski definition) is 1. The molecule has 0 unspecified atom stereocenters. The van der Waals surface area contributed by atoms with Gasteiger partial charge in [-0.1, -0.05) is 18.7 Å². The Balaban J connectivity index is 1.85. The van der Waals surface area contributed by atoms with Crippen molar-refractivity contribution >= 4 is 17.5 Å². The van der Waals surface area contributed by atoms with Crippen LogP contribution in [0.5, 0.6) is 0 Å². The van der Waals surface area contributed by atoms with Crippen LogP contribution in [0.2, 0.25) is 0 Å². The predicted molar refractivity (Wildman–Crippen MR) is 82.8 cm³/mol. The molecule has 5 nitrogen and oxygen atoms in total. The molecule has 0 bridgehead atoms. The molecule has 2 rings (SSSR count). The molecule has 0 aromatic heterocycles. The molecule has 1 aliphatic rings. The summed E-state index contributed by atoms with van der Waals surface area (Å²) in [5, 5.41) is 2.73. The van der Waals surface area contributed by atoms with E-state index < -0.39 is 0 Å². The Morgan fingerprint density at radius 3 is 2.33 bits per heavy atom. The number of carbonyl (C=O) groups is 2. The Morgan fingerprint density at radius 2 is 1.81 bits per heavy atom. The van der Waals surface area contributed by atoms with Gasteiger partial charge in [-0.2, -0.15) is 0 Å². The predicted octanol–water partition coefficient (Wildman–Crippen LogP) is 1.48. The molecule has 1 saturated heterocycles. The fraction of sp³-hybridized carbons (Fsp3) is 0.375. The van der Waals surface area contributed by atoms with Crippen molar-refractivity contribution in [2.24, 2.45) is 0 Å². The smallest absolute Gasteiger partial charge is 0.247 e. The molecule has 0 radical (unpaired) electrons. The molecule has 0 spiro atoms. The van der Waals surface area contributed by atoms with E-state index in [1.165, 1.54) is 11.6 Å². The Morgan fingerprint density at radius 1 is 1.19 bits per heavy atom. The van der Waals surface area contributed by atoms with Gasteiger partial charge < -0.3 is 10.2 Å². The number of anilines is 1. The van der Waals surface area contributed by atoms with E-state index in [2.05, 4.69) is 16.8 Å². The van der Waals surface area contributed by atoms with Gasteiger partial charge in [0.2, 0.25) is 11.8 Å². The molecule has 0 aliphatic carbocycles. The number of benzene rings is 1. The van der Waals surface area contributed by atoms with E-state index in [0.29, 0.717) is 0 Å². The van der Waals surface area contributed by atoms with Gasteiger partial charge in [-0.15, -0.1) is 0 Å². The number of nitrogens with one attached hydrogen (secondary N) is 1. The van der Waals surface area contributed by atoms with Crippen LogP contribution < -0.4 is 5.32 Å². The summed E-state index contributed by atoms with van der Waals surface area (Å²) in [7, 11) is 0. The van der Waals surface area contributed by atoms with Gasteiger partial charge in [-0.05, 0) is 23.8 Å². The summed E-state index contributed by atoms with van der Waals surface area (Å²) in [5.74, 6) is -0.0555. The van der Waals surface area contributed by atoms with Crippen molar-refractivity contribution in [1.29, 1.82) is 0 Å². The lowest BCUT2D eigenvalue weighted by Gasteiger charge is -2.34. The zero-order chi connectivity index (χ0) is 15.2. The third-order valence-corrected chi connectivity index (χ3v) is 3.63. The fourth-order valence-electron chi connectivity index (χ4n) is 2.37. The maximum atomic E-state index is 11.3. The van der Waals surface area contributed by atoms with Gasteiger partial charge in [0.1, 0.15) is 0 Å². The van der Waals surface area contributed by atoms with Gasteiger partial charge in [-0.25, -0.2) is 0 Å². The zero-order valence-corrected chi connectivity index (χ0v) is 12.3. The maximum Gasteiger partial charge on any atom is 0.247 e. The average molecular weight is 287 g/mol. The van der Waals surface area contributed by atoms with Crippen LogP contribution in [-0.2, 0) is 16.1 Å². The molecule has 1 aliphatic heterocycles. The van der Waals surface area contributed by atoms with E-state index in [1.807, 2.05) is 29.2 Å². The Labute approximate surface area is 125 Å². The molecule has 5 heteroatoms. The Kier molecular flexibility index (Phi) is 5.11. The van der Waals surface area contributed by atoms with E-state index in [9.17, 15) is 9.59 Å². The molecule has 21 heavy (non-hydrogen) atoms. The van der Waals surface area contributed by atoms with Crippen LogP contribution in [0.1, 0.15) is 12.5 Å². The number of rotatable bonds is 4. The van der Waals surface area contributed by atoms with Crippen molar-refractivity contribution in [1.82, 2.24) is 9.80 Å². The molecule has 112 valence electrons. The normalized spacial score (nSPS) is 15.6. The van der Waals surface area contributed by atoms with Crippen molar-refractivity contribution in [3.8, 4) is 0 Å². The summed E-state index contributed by atoms with van der Waals surface area (Å²) in [6.45, 7) is 9.29. The number of piperazine rings is 1. The molecular formula is C16H21N3O2. The average Bonchev–Trinajstić information content (AvgIpc) is 2.49. The summed E-state index contributed by atoms with van der Waals surface area (Å²) in [4.78, 5) is 26.7. The number of amides is 2. The van der Waals surface area contributed by atoms with Crippen molar-refractivity contribution in [2.75, 3.05) is 31.5 Å². The SMILES string of the molecule is C=CC(=O)Nc1ccc(CN2CCN(C(C)=O)CC2)cc1. The summed E-state index contributed by atoms with van der Waals surface area (Å²) < 4.78 is 0. The topological polar surface area (TPSA) is 52.7 Å². The molecular weight excluding hydrogens is 266 g/mol. The molecule has 1 aromatic carbocycles. The van der Waals surface area contributed by atoms with E-state index in [1.54, 1.807) is 6.92 Å². The lowest BCUT2D eigenvalue weighted by atomic mass is 10.1. The van der Waals surface area contributed by atoms with Gasteiger partial charge in [0, 0.05) is 45.3 Å². The van der Waals surface area contributed by atoms with Crippen LogP contribution in [0.3, 0.4) is 0 Å². The maximum absolute atomic E-state index is 11.3. The van der Waals surface area contributed by atoms with Crippen LogP contribution in [0.25, 0.3) is 0 Å². The molecule has 1 aromatic rings. The number of carbonyl (C=O) groups excluding carboxylic acids is 2. The van der Waals surface area contributed by atoms with Crippen molar-refractivity contribution in [2.45, 2.75) is 13.5 Å². The molecule has 1 heterocycles. The summed E-state index contributed by atoms with van der Waals surface area (Å²) in [5.41, 5.74) is 1.97. The van der Waals surface area contributed by atoms with Crippen LogP contribution >= 0.6 is 0 Å². The summed E-state index contributed by atoms with van der Waals surface area (Å²) >= 11 is 0. The zero-order valence-electron chi connectivity index (χ0n) is 12.3. The van der Waals surface area contributed by atoms with E-state index in [4.69, 9.17) is 0 Å². The molecule has 0 saturated carbocycles. The quantitative estimate of drug-likeness (QED) is 0.853. The van der Waals surface area contributed by atoms with Crippen LogP contribution in [0, 0.1) is 0 Å². The van der Waals surface area contributed by atoms with Crippen LogP contribution in [-0.4, -0.2) is 47.8 Å². The first kappa shape index (κ1) is 15.3. The van der Waals surface area contributed by atoms with E-state index in [0.717, 1.165) is 38.4 Å². The van der Waals surface area contributed by atoms with Gasteiger partial charge in [0.05, 0.1) is 0 Å². The first-order chi connectivity index (χ1) is 10.1. The van der Waals surface area contributed by atoms with Gasteiger partial charge in [-0.3, -0.25) is 14.5 Å². The summed E-state index contributed by atoms with van der Waals surface area (Å²) in [6.07, 6.45) is 1.25. The standard InChI is InChI=1S/C16H21N3O2/c1-3-16(21)17-15-6-4-14(5-7-15)12-18-8-10-19(11-9-18)13(2)20/h3-7H,1,8-12H2,2H3,(H,17,21). The second-order valence-corrected chi connectivity index (χ2v) is 5.17. The first-order valence-electron chi connectivity index (χ1n) is 7.08. The van der Waals surface area contributed by atoms with Crippen molar-refractivity contribution in [3.05, 3.63) is 42.5 Å². The van der Waals surface area contributed by atoms with Crippen molar-refractivity contribution in [3.63, 3.8) is 0 Å². The Hall–Kier alpha value is -2.14. The molecule has 1 fully saturated rings. The Bertz CT molecular complexity index is 517. The minimum atomic E-state index is -0.205. The van der Waals surface area contributed by atoms with Gasteiger partial charge >= 0.3 is 0 Å². The van der Waals surface area contributed by atoms with Gasteiger partial charge in [0.25, 0.3) is 0 Å². The minimum absolute atomic E-state index is 0.150. The highest BCUT2D eigenvalue weighted by molar-refractivity contribution is 5.98. The summed E-state index contributed by atoms with van der Waals surface area (Å²) in [6, 6.07) is 7.80. The molecule has 2 amide bonds. The third kappa shape index (κ3) is 4.43. The first-order valence-corrected chi connectivity index (χ1v) is 7.08. The second-order valence-electron chi connectivity index (χ2n) is 5.17. The van der Waals surface area contributed by atoms with E-state index in [-0.39, 0.29) is 11.8 Å². The highest BCUT2D eigenvalue weighted by Gasteiger charge is 2.18. The number of hydrogen-bond acceptors (Lipinski definition) is 3. The second kappa shape index (κ2) is 7.04. The van der Waals surface area contributed by atoms with Crippen LogP contribution in [0.15, 0.2) is 36.9 Å². The molecule has 0 atom stereocenters. The molecule has 1 N–H and O–H groups in total. The minimum Gasteiger partial charge on any atom is -0.340 e. The number of nitrogens with zero attached hydrogens (tertiary/aromatic N) is 2. The lowest BCUT2D eigenvalue weighted by molar-refractivity contribution is -0.130. The largest absolute Gasteiger partial charge is 0.340 e. The van der Waals surface area contributed by atoms with Gasteiger partial charge in [0.15, 0.2) is 0 Å². The lowest BCUT2D eigenvalue weighted by Crippen LogP contribution is -2.47. The monoisotopic (exact) mass is 287 g/mol. The highest BCUT2D eigenvalue weighted by Crippen LogP contribution is 2.13. The third-order valence-electron chi connectivity index (χ3n) is 3.63. The van der Waals surface area contributed by atoms with Crippen LogP contribution in [0.4, 0.5) is 5.69 Å². The fourth-order valence-corrected chi connectivity index (χ4v) is 2.37. The van der Waals surface area contributed by atoms with Crippen molar-refractivity contribution < 1.29 is 9.59 Å². The highest BCUT2D eigenvalue weighted by atomic mass is 16.2.